The first-order valence-corrected chi connectivity index (χ1v) is 12.9. The number of nitrogens with one attached hydrogen (secondary N) is 1. The highest BCUT2D eigenvalue weighted by Crippen LogP contribution is 2.42. The molecule has 0 amide bonds. The number of ether oxygens (including phenoxy) is 2. The SMILES string of the molecule is Cc1ccc(C(OC[C@H]2O[C@@H](n3ccc(=O)[nH]c3=O)[C@H](O)[C@@H]2O)(c2ccc(C)cc2)c2ccc(C)cc2)cc1. The molecular weight excluding hydrogens is 496 g/mol. The smallest absolute Gasteiger partial charge is 0.330 e. The average molecular weight is 529 g/mol. The van der Waals surface area contributed by atoms with E-state index in [0.717, 1.165) is 44.0 Å². The Labute approximate surface area is 226 Å². The van der Waals surface area contributed by atoms with Crippen LogP contribution in [-0.4, -0.2) is 44.7 Å². The lowest BCUT2D eigenvalue weighted by Gasteiger charge is -2.37. The van der Waals surface area contributed by atoms with Gasteiger partial charge >= 0.3 is 5.69 Å². The summed E-state index contributed by atoms with van der Waals surface area (Å²) in [6.07, 6.45) is -3.65. The summed E-state index contributed by atoms with van der Waals surface area (Å²) in [4.78, 5) is 26.0. The number of aromatic amines is 1. The fourth-order valence-electron chi connectivity index (χ4n) is 5.05. The van der Waals surface area contributed by atoms with Gasteiger partial charge in [0.15, 0.2) is 6.23 Å². The fourth-order valence-corrected chi connectivity index (χ4v) is 5.05. The van der Waals surface area contributed by atoms with E-state index in [1.165, 1.54) is 6.20 Å². The Morgan fingerprint density at radius 3 is 1.67 bits per heavy atom. The number of nitrogens with zero attached hydrogens (tertiary/aromatic N) is 1. The second kappa shape index (κ2) is 10.7. The third-order valence-electron chi connectivity index (χ3n) is 7.30. The van der Waals surface area contributed by atoms with E-state index in [0.29, 0.717) is 0 Å². The monoisotopic (exact) mass is 528 g/mol. The highest BCUT2D eigenvalue weighted by atomic mass is 16.6. The van der Waals surface area contributed by atoms with Gasteiger partial charge in [0.2, 0.25) is 0 Å². The van der Waals surface area contributed by atoms with E-state index in [1.807, 2.05) is 93.6 Å². The zero-order valence-corrected chi connectivity index (χ0v) is 22.1. The van der Waals surface area contributed by atoms with E-state index >= 15 is 0 Å². The molecule has 8 heteroatoms. The summed E-state index contributed by atoms with van der Waals surface area (Å²) in [6.45, 7) is 5.97. The lowest BCUT2D eigenvalue weighted by molar-refractivity contribution is -0.0958. The van der Waals surface area contributed by atoms with Crippen LogP contribution < -0.4 is 11.2 Å². The molecular formula is C31H32N2O6. The molecule has 1 aromatic heterocycles. The van der Waals surface area contributed by atoms with E-state index in [-0.39, 0.29) is 6.61 Å². The first-order valence-electron chi connectivity index (χ1n) is 12.9. The van der Waals surface area contributed by atoms with E-state index in [4.69, 9.17) is 9.47 Å². The first kappa shape index (κ1) is 26.8. The number of aromatic nitrogens is 2. The van der Waals surface area contributed by atoms with Crippen molar-refractivity contribution in [2.75, 3.05) is 6.61 Å². The van der Waals surface area contributed by atoms with Crippen molar-refractivity contribution >= 4 is 0 Å². The molecule has 0 saturated carbocycles. The normalized spacial score (nSPS) is 21.3. The zero-order valence-electron chi connectivity index (χ0n) is 22.1. The standard InChI is InChI=1S/C31H32N2O6/c1-19-4-10-22(11-5-19)31(23-12-6-20(2)7-13-23,24-14-8-21(3)9-15-24)38-18-25-27(35)28(36)29(39-25)33-17-16-26(34)32-30(33)37/h4-17,25,27-29,35-36H,18H2,1-3H3,(H,32,34,37)/t25-,27-,28-,29-/m1/s1. The molecule has 1 aliphatic heterocycles. The Kier molecular flexibility index (Phi) is 7.38. The number of aliphatic hydroxyl groups is 2. The summed E-state index contributed by atoms with van der Waals surface area (Å²) in [5.41, 5.74) is 3.62. The van der Waals surface area contributed by atoms with E-state index in [2.05, 4.69) is 4.98 Å². The number of aliphatic hydroxyl groups excluding tert-OH is 2. The van der Waals surface area contributed by atoms with Crippen LogP contribution in [0.3, 0.4) is 0 Å². The van der Waals surface area contributed by atoms with Crippen LogP contribution in [0.4, 0.5) is 0 Å². The molecule has 8 nitrogen and oxygen atoms in total. The number of H-pyrrole nitrogens is 1. The van der Waals surface area contributed by atoms with Crippen molar-refractivity contribution in [1.29, 1.82) is 0 Å². The maximum atomic E-state index is 12.3. The highest BCUT2D eigenvalue weighted by molar-refractivity contribution is 5.49. The number of rotatable bonds is 7. The summed E-state index contributed by atoms with van der Waals surface area (Å²) < 4.78 is 13.8. The Bertz CT molecular complexity index is 1430. The second-order valence-corrected chi connectivity index (χ2v) is 10.2. The molecule has 0 unspecified atom stereocenters. The molecule has 5 rings (SSSR count). The van der Waals surface area contributed by atoms with Crippen LogP contribution in [0.15, 0.2) is 94.6 Å². The predicted molar refractivity (Wildman–Crippen MR) is 147 cm³/mol. The molecule has 39 heavy (non-hydrogen) atoms. The molecule has 1 aliphatic rings. The van der Waals surface area contributed by atoms with Crippen molar-refractivity contribution < 1.29 is 19.7 Å². The van der Waals surface area contributed by atoms with Crippen molar-refractivity contribution in [3.05, 3.63) is 139 Å². The third kappa shape index (κ3) is 5.12. The van der Waals surface area contributed by atoms with E-state index in [9.17, 15) is 19.8 Å². The average Bonchev–Trinajstić information content (AvgIpc) is 3.20. The number of hydrogen-bond acceptors (Lipinski definition) is 6. The van der Waals surface area contributed by atoms with Gasteiger partial charge in [0.25, 0.3) is 5.56 Å². The minimum Gasteiger partial charge on any atom is -0.387 e. The minimum absolute atomic E-state index is 0.0948. The summed E-state index contributed by atoms with van der Waals surface area (Å²) in [6, 6.07) is 25.5. The van der Waals surface area contributed by atoms with Gasteiger partial charge in [0.05, 0.1) is 6.61 Å². The maximum absolute atomic E-state index is 12.3. The first-order chi connectivity index (χ1) is 18.7. The van der Waals surface area contributed by atoms with Gasteiger partial charge in [-0.05, 0) is 37.5 Å². The van der Waals surface area contributed by atoms with Crippen molar-refractivity contribution in [3.63, 3.8) is 0 Å². The van der Waals surface area contributed by atoms with Gasteiger partial charge in [0.1, 0.15) is 23.9 Å². The van der Waals surface area contributed by atoms with Gasteiger partial charge in [-0.1, -0.05) is 89.5 Å². The summed E-state index contributed by atoms with van der Waals surface area (Å²) in [5, 5.41) is 21.7. The Balaban J connectivity index is 1.56. The second-order valence-electron chi connectivity index (χ2n) is 10.2. The molecule has 1 fully saturated rings. The fraction of sp³-hybridized carbons (Fsp3) is 0.290. The Morgan fingerprint density at radius 2 is 1.23 bits per heavy atom. The summed E-state index contributed by atoms with van der Waals surface area (Å²) in [7, 11) is 0. The van der Waals surface area contributed by atoms with E-state index in [1.54, 1.807) is 0 Å². The van der Waals surface area contributed by atoms with Crippen LogP contribution in [0.25, 0.3) is 0 Å². The number of benzene rings is 3. The van der Waals surface area contributed by atoms with Crippen molar-refractivity contribution in [2.45, 2.75) is 50.9 Å². The molecule has 202 valence electrons. The molecule has 4 atom stereocenters. The predicted octanol–water partition coefficient (Wildman–Crippen LogP) is 3.09. The molecule has 4 aromatic rings. The van der Waals surface area contributed by atoms with Gasteiger partial charge < -0.3 is 19.7 Å². The van der Waals surface area contributed by atoms with Crippen molar-refractivity contribution in [2.24, 2.45) is 0 Å². The molecule has 0 radical (unpaired) electrons. The lowest BCUT2D eigenvalue weighted by Crippen LogP contribution is -2.40. The summed E-state index contributed by atoms with van der Waals surface area (Å²) >= 11 is 0. The molecule has 3 N–H and O–H groups in total. The minimum atomic E-state index is -1.41. The molecule has 0 aliphatic carbocycles. The highest BCUT2D eigenvalue weighted by Gasteiger charge is 2.46. The maximum Gasteiger partial charge on any atom is 0.330 e. The Morgan fingerprint density at radius 1 is 0.769 bits per heavy atom. The van der Waals surface area contributed by atoms with Crippen LogP contribution >= 0.6 is 0 Å². The van der Waals surface area contributed by atoms with Crippen LogP contribution in [0.5, 0.6) is 0 Å². The lowest BCUT2D eigenvalue weighted by atomic mass is 9.79. The topological polar surface area (TPSA) is 114 Å². The van der Waals surface area contributed by atoms with Crippen LogP contribution in [0, 0.1) is 20.8 Å². The molecule has 2 heterocycles. The van der Waals surface area contributed by atoms with E-state index < -0.39 is 41.4 Å². The molecule has 0 spiro atoms. The van der Waals surface area contributed by atoms with Crippen LogP contribution in [0.2, 0.25) is 0 Å². The van der Waals surface area contributed by atoms with Gasteiger partial charge in [-0.25, -0.2) is 4.79 Å². The molecule has 1 saturated heterocycles. The zero-order chi connectivity index (χ0) is 27.7. The third-order valence-corrected chi connectivity index (χ3v) is 7.30. The quantitative estimate of drug-likeness (QED) is 0.318. The van der Waals surface area contributed by atoms with Gasteiger partial charge in [-0.3, -0.25) is 14.3 Å². The van der Waals surface area contributed by atoms with Gasteiger partial charge in [-0.15, -0.1) is 0 Å². The largest absolute Gasteiger partial charge is 0.387 e. The summed E-state index contributed by atoms with van der Waals surface area (Å²) in [5.74, 6) is 0. The number of hydrogen-bond donors (Lipinski definition) is 3. The molecule has 0 bridgehead atoms. The van der Waals surface area contributed by atoms with Gasteiger partial charge in [-0.2, -0.15) is 0 Å². The molecule has 3 aromatic carbocycles. The van der Waals surface area contributed by atoms with Crippen molar-refractivity contribution in [3.8, 4) is 0 Å². The van der Waals surface area contributed by atoms with Crippen LogP contribution in [-0.2, 0) is 15.1 Å². The van der Waals surface area contributed by atoms with Gasteiger partial charge in [0, 0.05) is 12.3 Å². The van der Waals surface area contributed by atoms with Crippen LogP contribution in [0.1, 0.15) is 39.6 Å². The number of aryl methyl sites for hydroxylation is 3. The van der Waals surface area contributed by atoms with Crippen molar-refractivity contribution in [1.82, 2.24) is 9.55 Å². The Hall–Kier alpha value is -3.82.